The molecule has 0 spiro atoms. The number of aliphatic hydroxyl groups is 2. The summed E-state index contributed by atoms with van der Waals surface area (Å²) in [5.41, 5.74) is 0. The lowest BCUT2D eigenvalue weighted by Crippen LogP contribution is -2.39. The fourth-order valence-corrected chi connectivity index (χ4v) is 1.47. The van der Waals surface area contributed by atoms with Gasteiger partial charge >= 0.3 is 0 Å². The first-order valence-corrected chi connectivity index (χ1v) is 4.11. The van der Waals surface area contributed by atoms with Crippen molar-refractivity contribution in [1.29, 1.82) is 0 Å². The zero-order chi connectivity index (χ0) is 7.56. The van der Waals surface area contributed by atoms with Crippen molar-refractivity contribution in [2.75, 3.05) is 0 Å². The average molecular weight is 144 g/mol. The molecule has 2 heteroatoms. The Hall–Kier alpha value is -0.0800. The van der Waals surface area contributed by atoms with E-state index in [0.29, 0.717) is 0 Å². The lowest BCUT2D eigenvalue weighted by Gasteiger charge is -2.35. The quantitative estimate of drug-likeness (QED) is 0.618. The first kappa shape index (κ1) is 8.02. The van der Waals surface area contributed by atoms with Gasteiger partial charge in [-0.3, -0.25) is 0 Å². The van der Waals surface area contributed by atoms with E-state index in [1.165, 1.54) is 0 Å². The highest BCUT2D eigenvalue weighted by Gasteiger charge is 2.33. The number of aliphatic hydroxyl groups excluding tert-OH is 2. The van der Waals surface area contributed by atoms with Crippen LogP contribution >= 0.6 is 0 Å². The SMILES string of the molecule is CCCC(O)C1CCC1O. The van der Waals surface area contributed by atoms with Gasteiger partial charge in [-0.2, -0.15) is 0 Å². The van der Waals surface area contributed by atoms with Crippen LogP contribution in [0.15, 0.2) is 0 Å². The zero-order valence-electron chi connectivity index (χ0n) is 6.45. The van der Waals surface area contributed by atoms with Crippen molar-refractivity contribution in [2.45, 2.75) is 44.8 Å². The molecule has 0 aromatic heterocycles. The molecule has 3 unspecified atom stereocenters. The molecule has 0 heterocycles. The summed E-state index contributed by atoms with van der Waals surface area (Å²) in [4.78, 5) is 0. The van der Waals surface area contributed by atoms with E-state index in [2.05, 4.69) is 0 Å². The molecule has 0 bridgehead atoms. The van der Waals surface area contributed by atoms with Gasteiger partial charge in [0.25, 0.3) is 0 Å². The Morgan fingerprint density at radius 3 is 2.50 bits per heavy atom. The number of rotatable bonds is 3. The molecule has 0 aromatic carbocycles. The Bertz CT molecular complexity index is 103. The lowest BCUT2D eigenvalue weighted by atomic mass is 9.77. The van der Waals surface area contributed by atoms with Crippen LogP contribution in [0.3, 0.4) is 0 Å². The van der Waals surface area contributed by atoms with Gasteiger partial charge in [-0.15, -0.1) is 0 Å². The van der Waals surface area contributed by atoms with E-state index in [1.807, 2.05) is 6.92 Å². The Kier molecular flexibility index (Phi) is 2.69. The lowest BCUT2D eigenvalue weighted by molar-refractivity contribution is -0.0539. The summed E-state index contributed by atoms with van der Waals surface area (Å²) in [7, 11) is 0. The van der Waals surface area contributed by atoms with Gasteiger partial charge in [-0.1, -0.05) is 13.3 Å². The predicted octanol–water partition coefficient (Wildman–Crippen LogP) is 0.918. The minimum absolute atomic E-state index is 0.181. The van der Waals surface area contributed by atoms with Crippen LogP contribution in [0, 0.1) is 5.92 Å². The standard InChI is InChI=1S/C8H16O2/c1-2-3-7(9)6-4-5-8(6)10/h6-10H,2-5H2,1H3. The van der Waals surface area contributed by atoms with Gasteiger partial charge in [0.05, 0.1) is 12.2 Å². The fraction of sp³-hybridized carbons (Fsp3) is 1.00. The minimum atomic E-state index is -0.256. The fourth-order valence-electron chi connectivity index (χ4n) is 1.47. The topological polar surface area (TPSA) is 40.5 Å². The normalized spacial score (nSPS) is 35.1. The van der Waals surface area contributed by atoms with E-state index in [1.54, 1.807) is 0 Å². The average Bonchev–Trinajstić information content (AvgIpc) is 1.85. The third kappa shape index (κ3) is 1.50. The molecule has 2 N–H and O–H groups in total. The summed E-state index contributed by atoms with van der Waals surface area (Å²) in [6, 6.07) is 0. The third-order valence-electron chi connectivity index (χ3n) is 2.37. The molecule has 0 amide bonds. The van der Waals surface area contributed by atoms with Crippen LogP contribution < -0.4 is 0 Å². The zero-order valence-corrected chi connectivity index (χ0v) is 6.45. The van der Waals surface area contributed by atoms with Crippen LogP contribution in [0.2, 0.25) is 0 Å². The molecule has 0 aromatic rings. The Morgan fingerprint density at radius 2 is 2.20 bits per heavy atom. The highest BCUT2D eigenvalue weighted by atomic mass is 16.3. The Morgan fingerprint density at radius 1 is 1.50 bits per heavy atom. The predicted molar refractivity (Wildman–Crippen MR) is 39.6 cm³/mol. The van der Waals surface area contributed by atoms with Gasteiger partial charge < -0.3 is 10.2 Å². The molecule has 60 valence electrons. The molecule has 2 nitrogen and oxygen atoms in total. The van der Waals surface area contributed by atoms with Crippen molar-refractivity contribution in [2.24, 2.45) is 5.92 Å². The maximum Gasteiger partial charge on any atom is 0.0593 e. The monoisotopic (exact) mass is 144 g/mol. The number of hydrogen-bond donors (Lipinski definition) is 2. The molecule has 1 fully saturated rings. The van der Waals surface area contributed by atoms with E-state index in [0.717, 1.165) is 25.7 Å². The molecular weight excluding hydrogens is 128 g/mol. The van der Waals surface area contributed by atoms with Gasteiger partial charge in [0.15, 0.2) is 0 Å². The Balaban J connectivity index is 2.20. The first-order chi connectivity index (χ1) is 4.75. The van der Waals surface area contributed by atoms with Gasteiger partial charge in [-0.05, 0) is 19.3 Å². The second-order valence-electron chi connectivity index (χ2n) is 3.16. The van der Waals surface area contributed by atoms with E-state index < -0.39 is 0 Å². The summed E-state index contributed by atoms with van der Waals surface area (Å²) < 4.78 is 0. The molecule has 1 aliphatic rings. The molecule has 0 saturated heterocycles. The van der Waals surface area contributed by atoms with Gasteiger partial charge in [-0.25, -0.2) is 0 Å². The first-order valence-electron chi connectivity index (χ1n) is 4.11. The van der Waals surface area contributed by atoms with Crippen molar-refractivity contribution in [3.63, 3.8) is 0 Å². The molecule has 1 aliphatic carbocycles. The van der Waals surface area contributed by atoms with Crippen LogP contribution in [0.25, 0.3) is 0 Å². The summed E-state index contributed by atoms with van der Waals surface area (Å²) in [5.74, 6) is 0.181. The number of hydrogen-bond acceptors (Lipinski definition) is 2. The van der Waals surface area contributed by atoms with Gasteiger partial charge in [0.1, 0.15) is 0 Å². The van der Waals surface area contributed by atoms with Crippen LogP contribution in [0.1, 0.15) is 32.6 Å². The van der Waals surface area contributed by atoms with E-state index >= 15 is 0 Å². The van der Waals surface area contributed by atoms with Gasteiger partial charge in [0, 0.05) is 5.92 Å². The summed E-state index contributed by atoms with van der Waals surface area (Å²) >= 11 is 0. The maximum absolute atomic E-state index is 9.38. The van der Waals surface area contributed by atoms with Crippen molar-refractivity contribution >= 4 is 0 Å². The summed E-state index contributed by atoms with van der Waals surface area (Å²) in [6.07, 6.45) is 3.25. The minimum Gasteiger partial charge on any atom is -0.393 e. The van der Waals surface area contributed by atoms with Crippen molar-refractivity contribution in [1.82, 2.24) is 0 Å². The second-order valence-corrected chi connectivity index (χ2v) is 3.16. The molecule has 1 saturated carbocycles. The highest BCUT2D eigenvalue weighted by Crippen LogP contribution is 2.31. The molecular formula is C8H16O2. The highest BCUT2D eigenvalue weighted by molar-refractivity contribution is 4.84. The van der Waals surface area contributed by atoms with Crippen LogP contribution in [0.4, 0.5) is 0 Å². The molecule has 0 radical (unpaired) electrons. The van der Waals surface area contributed by atoms with Crippen molar-refractivity contribution in [3.8, 4) is 0 Å². The molecule has 0 aliphatic heterocycles. The van der Waals surface area contributed by atoms with Crippen LogP contribution in [-0.2, 0) is 0 Å². The third-order valence-corrected chi connectivity index (χ3v) is 2.37. The van der Waals surface area contributed by atoms with Crippen LogP contribution in [0.5, 0.6) is 0 Å². The smallest absolute Gasteiger partial charge is 0.0593 e. The molecule has 10 heavy (non-hydrogen) atoms. The van der Waals surface area contributed by atoms with E-state index in [9.17, 15) is 5.11 Å². The second kappa shape index (κ2) is 3.35. The summed E-state index contributed by atoms with van der Waals surface area (Å²) in [5, 5.41) is 18.5. The molecule has 3 atom stereocenters. The van der Waals surface area contributed by atoms with E-state index in [-0.39, 0.29) is 18.1 Å². The van der Waals surface area contributed by atoms with Crippen molar-refractivity contribution < 1.29 is 10.2 Å². The van der Waals surface area contributed by atoms with Crippen molar-refractivity contribution in [3.05, 3.63) is 0 Å². The maximum atomic E-state index is 9.38. The summed E-state index contributed by atoms with van der Waals surface area (Å²) in [6.45, 7) is 2.05. The van der Waals surface area contributed by atoms with Crippen LogP contribution in [-0.4, -0.2) is 22.4 Å². The largest absolute Gasteiger partial charge is 0.393 e. The molecule has 1 rings (SSSR count). The van der Waals surface area contributed by atoms with Gasteiger partial charge in [0.2, 0.25) is 0 Å². The Labute approximate surface area is 61.9 Å². The van der Waals surface area contributed by atoms with E-state index in [4.69, 9.17) is 5.11 Å².